The number of aliphatic hydroxyl groups excluding tert-OH is 1. The Labute approximate surface area is 113 Å². The van der Waals surface area contributed by atoms with Crippen molar-refractivity contribution < 1.29 is 14.6 Å². The lowest BCUT2D eigenvalue weighted by molar-refractivity contribution is 0.0312. The van der Waals surface area contributed by atoms with Crippen molar-refractivity contribution in [2.45, 2.75) is 37.9 Å². The van der Waals surface area contributed by atoms with Crippen LogP contribution in [0.5, 0.6) is 11.5 Å². The van der Waals surface area contributed by atoms with Crippen molar-refractivity contribution in [3.63, 3.8) is 0 Å². The molecule has 0 spiro atoms. The molecule has 1 heterocycles. The molecule has 1 aliphatic heterocycles. The standard InChI is InChI=1S/C16H20O3/c1-18-12-7-8-13-14(17)10-15(19-16(13)9-12)11-5-3-2-4-6-11/h2-3,7-9,11,14-15,17H,4-6,10H2,1H3/t11?,14-,15?/m0/s1. The van der Waals surface area contributed by atoms with Gasteiger partial charge in [-0.25, -0.2) is 0 Å². The normalized spacial score (nSPS) is 29.5. The highest BCUT2D eigenvalue weighted by atomic mass is 16.5. The fraction of sp³-hybridized carbons (Fsp3) is 0.500. The first-order valence-electron chi connectivity index (χ1n) is 6.95. The number of ether oxygens (including phenoxy) is 2. The summed E-state index contributed by atoms with van der Waals surface area (Å²) in [6, 6.07) is 5.65. The minimum absolute atomic E-state index is 0.111. The summed E-state index contributed by atoms with van der Waals surface area (Å²) in [4.78, 5) is 0. The van der Waals surface area contributed by atoms with Gasteiger partial charge in [-0.1, -0.05) is 12.2 Å². The molecule has 1 aromatic carbocycles. The third-order valence-electron chi connectivity index (χ3n) is 4.15. The summed E-state index contributed by atoms with van der Waals surface area (Å²) in [6.45, 7) is 0. The number of hydrogen-bond acceptors (Lipinski definition) is 3. The van der Waals surface area contributed by atoms with Crippen LogP contribution in [-0.4, -0.2) is 18.3 Å². The molecule has 3 atom stereocenters. The van der Waals surface area contributed by atoms with E-state index in [9.17, 15) is 5.11 Å². The first-order valence-corrected chi connectivity index (χ1v) is 6.95. The largest absolute Gasteiger partial charge is 0.497 e. The third kappa shape index (κ3) is 2.47. The van der Waals surface area contributed by atoms with E-state index in [1.165, 1.54) is 0 Å². The molecule has 0 bridgehead atoms. The SMILES string of the molecule is COc1ccc2c(c1)OC(C1CC=CCC1)C[C@@H]2O. The van der Waals surface area contributed by atoms with E-state index in [-0.39, 0.29) is 6.10 Å². The van der Waals surface area contributed by atoms with Crippen molar-refractivity contribution in [3.8, 4) is 11.5 Å². The summed E-state index contributed by atoms with van der Waals surface area (Å²) >= 11 is 0. The molecule has 3 rings (SSSR count). The van der Waals surface area contributed by atoms with Gasteiger partial charge in [0.05, 0.1) is 13.2 Å². The molecule has 2 aliphatic rings. The average Bonchev–Trinajstić information content (AvgIpc) is 2.47. The van der Waals surface area contributed by atoms with E-state index >= 15 is 0 Å². The maximum Gasteiger partial charge on any atom is 0.129 e. The fourth-order valence-corrected chi connectivity index (χ4v) is 3.02. The number of allylic oxidation sites excluding steroid dienone is 2. The number of methoxy groups -OCH3 is 1. The van der Waals surface area contributed by atoms with Gasteiger partial charge < -0.3 is 14.6 Å². The zero-order valence-electron chi connectivity index (χ0n) is 11.2. The molecule has 0 radical (unpaired) electrons. The maximum absolute atomic E-state index is 10.3. The molecule has 1 N–H and O–H groups in total. The molecule has 1 aliphatic carbocycles. The van der Waals surface area contributed by atoms with Crippen LogP contribution in [0.25, 0.3) is 0 Å². The van der Waals surface area contributed by atoms with Crippen LogP contribution in [0.1, 0.15) is 37.4 Å². The molecule has 19 heavy (non-hydrogen) atoms. The molecule has 0 amide bonds. The van der Waals surface area contributed by atoms with Crippen LogP contribution < -0.4 is 9.47 Å². The molecule has 3 nitrogen and oxygen atoms in total. The smallest absolute Gasteiger partial charge is 0.129 e. The summed E-state index contributed by atoms with van der Waals surface area (Å²) in [7, 11) is 1.64. The number of hydrogen-bond donors (Lipinski definition) is 1. The van der Waals surface area contributed by atoms with E-state index in [4.69, 9.17) is 9.47 Å². The number of rotatable bonds is 2. The predicted molar refractivity (Wildman–Crippen MR) is 73.5 cm³/mol. The van der Waals surface area contributed by atoms with Gasteiger partial charge in [-0.2, -0.15) is 0 Å². The molecule has 0 fully saturated rings. The summed E-state index contributed by atoms with van der Waals surface area (Å²) in [5.41, 5.74) is 0.878. The quantitative estimate of drug-likeness (QED) is 0.830. The van der Waals surface area contributed by atoms with Gasteiger partial charge in [-0.15, -0.1) is 0 Å². The predicted octanol–water partition coefficient (Wildman–Crippen LogP) is 3.24. The number of benzene rings is 1. The van der Waals surface area contributed by atoms with E-state index in [1.807, 2.05) is 18.2 Å². The van der Waals surface area contributed by atoms with Crippen LogP contribution in [-0.2, 0) is 0 Å². The van der Waals surface area contributed by atoms with Crippen molar-refractivity contribution in [1.82, 2.24) is 0 Å². The molecule has 3 heteroatoms. The summed E-state index contributed by atoms with van der Waals surface area (Å²) in [5, 5.41) is 10.3. The monoisotopic (exact) mass is 260 g/mol. The summed E-state index contributed by atoms with van der Waals surface area (Å²) < 4.78 is 11.3. The summed E-state index contributed by atoms with van der Waals surface area (Å²) in [6.07, 6.45) is 8.15. The van der Waals surface area contributed by atoms with Gasteiger partial charge in [-0.3, -0.25) is 0 Å². The van der Waals surface area contributed by atoms with Gasteiger partial charge in [0.25, 0.3) is 0 Å². The Morgan fingerprint density at radius 2 is 2.21 bits per heavy atom. The Morgan fingerprint density at radius 3 is 2.95 bits per heavy atom. The van der Waals surface area contributed by atoms with E-state index in [0.29, 0.717) is 12.3 Å². The fourth-order valence-electron chi connectivity index (χ4n) is 3.02. The zero-order chi connectivity index (χ0) is 13.2. The molecule has 0 saturated heterocycles. The summed E-state index contributed by atoms with van der Waals surface area (Å²) in [5.74, 6) is 2.06. The second-order valence-electron chi connectivity index (χ2n) is 5.36. The van der Waals surface area contributed by atoms with Crippen LogP contribution in [0.3, 0.4) is 0 Å². The van der Waals surface area contributed by atoms with Gasteiger partial charge >= 0.3 is 0 Å². The third-order valence-corrected chi connectivity index (χ3v) is 4.15. The molecule has 0 aromatic heterocycles. The molecule has 2 unspecified atom stereocenters. The van der Waals surface area contributed by atoms with E-state index in [0.717, 1.165) is 36.3 Å². The molecular formula is C16H20O3. The second kappa shape index (κ2) is 5.25. The topological polar surface area (TPSA) is 38.7 Å². The van der Waals surface area contributed by atoms with Crippen LogP contribution in [0.2, 0.25) is 0 Å². The van der Waals surface area contributed by atoms with Crippen LogP contribution in [0.4, 0.5) is 0 Å². The van der Waals surface area contributed by atoms with Gasteiger partial charge in [0.1, 0.15) is 17.6 Å². The number of fused-ring (bicyclic) bond motifs is 1. The Kier molecular flexibility index (Phi) is 3.47. The van der Waals surface area contributed by atoms with Crippen LogP contribution >= 0.6 is 0 Å². The highest BCUT2D eigenvalue weighted by Crippen LogP contribution is 2.40. The lowest BCUT2D eigenvalue weighted by atomic mass is 9.84. The van der Waals surface area contributed by atoms with Gasteiger partial charge in [-0.05, 0) is 37.3 Å². The van der Waals surface area contributed by atoms with E-state index in [1.54, 1.807) is 7.11 Å². The molecule has 0 saturated carbocycles. The van der Waals surface area contributed by atoms with Crippen molar-refractivity contribution in [2.24, 2.45) is 5.92 Å². The Balaban J connectivity index is 1.83. The Morgan fingerprint density at radius 1 is 1.32 bits per heavy atom. The number of aliphatic hydroxyl groups is 1. The average molecular weight is 260 g/mol. The van der Waals surface area contributed by atoms with Gasteiger partial charge in [0.15, 0.2) is 0 Å². The van der Waals surface area contributed by atoms with Crippen molar-refractivity contribution in [2.75, 3.05) is 7.11 Å². The van der Waals surface area contributed by atoms with Crippen LogP contribution in [0.15, 0.2) is 30.4 Å². The second-order valence-corrected chi connectivity index (χ2v) is 5.36. The first-order chi connectivity index (χ1) is 9.28. The molecule has 102 valence electrons. The van der Waals surface area contributed by atoms with Gasteiger partial charge in [0.2, 0.25) is 0 Å². The van der Waals surface area contributed by atoms with Crippen LogP contribution in [0, 0.1) is 5.92 Å². The Bertz CT molecular complexity index is 481. The molecule has 1 aromatic rings. The lowest BCUT2D eigenvalue weighted by Crippen LogP contribution is -2.33. The van der Waals surface area contributed by atoms with Crippen molar-refractivity contribution in [3.05, 3.63) is 35.9 Å². The first kappa shape index (κ1) is 12.5. The lowest BCUT2D eigenvalue weighted by Gasteiger charge is -2.35. The highest BCUT2D eigenvalue weighted by molar-refractivity contribution is 5.43. The minimum Gasteiger partial charge on any atom is -0.497 e. The Hall–Kier alpha value is -1.48. The van der Waals surface area contributed by atoms with Crippen molar-refractivity contribution in [1.29, 1.82) is 0 Å². The zero-order valence-corrected chi connectivity index (χ0v) is 11.2. The van der Waals surface area contributed by atoms with E-state index < -0.39 is 6.10 Å². The van der Waals surface area contributed by atoms with E-state index in [2.05, 4.69) is 12.2 Å². The van der Waals surface area contributed by atoms with Gasteiger partial charge in [0, 0.05) is 18.1 Å². The van der Waals surface area contributed by atoms with Crippen molar-refractivity contribution >= 4 is 0 Å². The minimum atomic E-state index is -0.425. The molecular weight excluding hydrogens is 240 g/mol. The highest BCUT2D eigenvalue weighted by Gasteiger charge is 2.32. The maximum atomic E-state index is 10.3.